The summed E-state index contributed by atoms with van der Waals surface area (Å²) in [7, 11) is 4.58. The highest BCUT2D eigenvalue weighted by Gasteiger charge is 2.14. The molecule has 9 nitrogen and oxygen atoms in total. The van der Waals surface area contributed by atoms with Gasteiger partial charge in [-0.25, -0.2) is 0 Å². The van der Waals surface area contributed by atoms with Gasteiger partial charge in [0.2, 0.25) is 11.5 Å². The molecule has 0 spiro atoms. The summed E-state index contributed by atoms with van der Waals surface area (Å²) in [5, 5.41) is 28.1. The molecule has 0 unspecified atom stereocenters. The second-order valence-corrected chi connectivity index (χ2v) is 5.48. The van der Waals surface area contributed by atoms with E-state index >= 15 is 0 Å². The van der Waals surface area contributed by atoms with Crippen LogP contribution in [0.5, 0.6) is 46.0 Å². The number of phenolic OH excluding ortho intramolecular Hbond substituents is 3. The predicted octanol–water partition coefficient (Wildman–Crippen LogP) is 2.30. The van der Waals surface area contributed by atoms with Crippen molar-refractivity contribution < 1.29 is 43.7 Å². The third-order valence-corrected chi connectivity index (χ3v) is 3.67. The Kier molecular flexibility index (Phi) is 7.70. The fraction of sp³-hybridized carbons (Fsp3) is 0.368. The lowest BCUT2D eigenvalue weighted by molar-refractivity contribution is 0.0761. The molecular weight excluding hydrogens is 372 g/mol. The van der Waals surface area contributed by atoms with Gasteiger partial charge >= 0.3 is 0 Å². The van der Waals surface area contributed by atoms with E-state index in [2.05, 4.69) is 0 Å². The van der Waals surface area contributed by atoms with E-state index < -0.39 is 17.2 Å². The van der Waals surface area contributed by atoms with Crippen LogP contribution < -0.4 is 23.7 Å². The van der Waals surface area contributed by atoms with Crippen molar-refractivity contribution in [2.24, 2.45) is 0 Å². The van der Waals surface area contributed by atoms with Crippen molar-refractivity contribution in [3.05, 3.63) is 24.3 Å². The number of benzene rings is 2. The lowest BCUT2D eigenvalue weighted by Crippen LogP contribution is -2.12. The second kappa shape index (κ2) is 10.2. The van der Waals surface area contributed by atoms with Gasteiger partial charge in [-0.2, -0.15) is 0 Å². The molecule has 0 bridgehead atoms. The Morgan fingerprint density at radius 1 is 0.643 bits per heavy atom. The first-order valence-electron chi connectivity index (χ1n) is 8.38. The Labute approximate surface area is 162 Å². The van der Waals surface area contributed by atoms with Crippen LogP contribution >= 0.6 is 0 Å². The smallest absolute Gasteiger partial charge is 0.203 e. The highest BCUT2D eigenvalue weighted by molar-refractivity contribution is 5.56. The predicted molar refractivity (Wildman–Crippen MR) is 99.3 cm³/mol. The fourth-order valence-corrected chi connectivity index (χ4v) is 2.34. The maximum atomic E-state index is 9.41. The summed E-state index contributed by atoms with van der Waals surface area (Å²) >= 11 is 0. The molecule has 154 valence electrons. The molecule has 9 heteroatoms. The van der Waals surface area contributed by atoms with Crippen molar-refractivity contribution >= 4 is 0 Å². The van der Waals surface area contributed by atoms with Gasteiger partial charge in [0, 0.05) is 24.3 Å². The molecule has 0 aliphatic carbocycles. The third kappa shape index (κ3) is 5.40. The quantitative estimate of drug-likeness (QED) is 0.389. The number of methoxy groups -OCH3 is 3. The van der Waals surface area contributed by atoms with Crippen molar-refractivity contribution in [3.8, 4) is 46.0 Å². The first-order valence-corrected chi connectivity index (χ1v) is 8.38. The minimum absolute atomic E-state index is 0.188. The maximum absolute atomic E-state index is 9.41. The van der Waals surface area contributed by atoms with Crippen LogP contribution in [0.25, 0.3) is 0 Å². The standard InChI is InChI=1S/C19H24O9/c1-23-16-10-13(11-17(24-2)19(16)25-3)28-7-5-26-4-6-27-12-8-14(20)18(22)15(21)9-12/h8-11,20-22H,4-7H2,1-3H3. The molecule has 2 rings (SSSR count). The molecule has 0 radical (unpaired) electrons. The number of aromatic hydroxyl groups is 3. The molecule has 28 heavy (non-hydrogen) atoms. The molecule has 0 amide bonds. The van der Waals surface area contributed by atoms with E-state index in [4.69, 9.17) is 28.4 Å². The lowest BCUT2D eigenvalue weighted by atomic mass is 10.2. The van der Waals surface area contributed by atoms with Gasteiger partial charge in [-0.3, -0.25) is 0 Å². The Morgan fingerprint density at radius 3 is 1.54 bits per heavy atom. The Balaban J connectivity index is 1.73. The maximum Gasteiger partial charge on any atom is 0.203 e. The summed E-state index contributed by atoms with van der Waals surface area (Å²) in [4.78, 5) is 0. The van der Waals surface area contributed by atoms with Crippen LogP contribution in [0.15, 0.2) is 24.3 Å². The van der Waals surface area contributed by atoms with Crippen LogP contribution in [0, 0.1) is 0 Å². The Morgan fingerprint density at radius 2 is 1.11 bits per heavy atom. The zero-order valence-corrected chi connectivity index (χ0v) is 15.9. The molecule has 0 atom stereocenters. The van der Waals surface area contributed by atoms with Gasteiger partial charge in [0.25, 0.3) is 0 Å². The van der Waals surface area contributed by atoms with Crippen molar-refractivity contribution in [1.29, 1.82) is 0 Å². The van der Waals surface area contributed by atoms with Crippen LogP contribution in [0.4, 0.5) is 0 Å². The van der Waals surface area contributed by atoms with Crippen LogP contribution in [0.3, 0.4) is 0 Å². The van der Waals surface area contributed by atoms with Crippen LogP contribution in [0.1, 0.15) is 0 Å². The highest BCUT2D eigenvalue weighted by Crippen LogP contribution is 2.41. The summed E-state index contributed by atoms with van der Waals surface area (Å²) in [5.41, 5.74) is 0. The molecule has 0 heterocycles. The first-order chi connectivity index (χ1) is 13.5. The zero-order chi connectivity index (χ0) is 20.5. The van der Waals surface area contributed by atoms with E-state index in [-0.39, 0.29) is 19.0 Å². The van der Waals surface area contributed by atoms with Gasteiger partial charge < -0.3 is 43.7 Å². The molecule has 0 fully saturated rings. The molecule has 0 aliphatic heterocycles. The zero-order valence-electron chi connectivity index (χ0n) is 15.9. The van der Waals surface area contributed by atoms with Crippen molar-refractivity contribution in [2.75, 3.05) is 47.8 Å². The van der Waals surface area contributed by atoms with Gasteiger partial charge in [-0.05, 0) is 0 Å². The summed E-state index contributed by atoms with van der Waals surface area (Å²) in [6.07, 6.45) is 0. The van der Waals surface area contributed by atoms with Gasteiger partial charge in [0.15, 0.2) is 23.0 Å². The van der Waals surface area contributed by atoms with E-state index in [0.717, 1.165) is 0 Å². The SMILES string of the molecule is COc1cc(OCCOCCOc2cc(O)c(O)c(O)c2)cc(OC)c1OC. The van der Waals surface area contributed by atoms with E-state index in [1.54, 1.807) is 12.1 Å². The minimum Gasteiger partial charge on any atom is -0.504 e. The summed E-state index contributed by atoms with van der Waals surface area (Å²) in [6, 6.07) is 5.77. The van der Waals surface area contributed by atoms with Crippen LogP contribution in [-0.4, -0.2) is 63.1 Å². The molecule has 0 saturated carbocycles. The Bertz CT molecular complexity index is 728. The monoisotopic (exact) mass is 396 g/mol. The topological polar surface area (TPSA) is 116 Å². The molecular formula is C19H24O9. The normalized spacial score (nSPS) is 10.4. The van der Waals surface area contributed by atoms with Crippen molar-refractivity contribution in [3.63, 3.8) is 0 Å². The summed E-state index contributed by atoms with van der Waals surface area (Å²) in [6.45, 7) is 1.06. The van der Waals surface area contributed by atoms with E-state index in [1.165, 1.54) is 33.5 Å². The third-order valence-electron chi connectivity index (χ3n) is 3.67. The Hall–Kier alpha value is -3.20. The largest absolute Gasteiger partial charge is 0.504 e. The molecule has 2 aromatic rings. The second-order valence-electron chi connectivity index (χ2n) is 5.48. The molecule has 3 N–H and O–H groups in total. The first kappa shape index (κ1) is 21.1. The molecule has 0 aromatic heterocycles. The summed E-state index contributed by atoms with van der Waals surface area (Å²) in [5.74, 6) is 0.710. The molecule has 2 aromatic carbocycles. The molecule has 0 saturated heterocycles. The van der Waals surface area contributed by atoms with Gasteiger partial charge in [-0.1, -0.05) is 0 Å². The summed E-state index contributed by atoms with van der Waals surface area (Å²) < 4.78 is 32.1. The van der Waals surface area contributed by atoms with E-state index in [1.807, 2.05) is 0 Å². The molecule has 0 aliphatic rings. The average molecular weight is 396 g/mol. The van der Waals surface area contributed by atoms with Crippen LogP contribution in [0.2, 0.25) is 0 Å². The number of phenols is 3. The van der Waals surface area contributed by atoms with Crippen molar-refractivity contribution in [2.45, 2.75) is 0 Å². The van der Waals surface area contributed by atoms with Gasteiger partial charge in [0.05, 0.1) is 34.5 Å². The number of rotatable bonds is 11. The van der Waals surface area contributed by atoms with Crippen LogP contribution in [-0.2, 0) is 4.74 Å². The minimum atomic E-state index is -0.590. The number of hydrogen-bond donors (Lipinski definition) is 3. The van der Waals surface area contributed by atoms with E-state index in [0.29, 0.717) is 36.2 Å². The number of ether oxygens (including phenoxy) is 6. The lowest BCUT2D eigenvalue weighted by Gasteiger charge is -2.14. The van der Waals surface area contributed by atoms with Gasteiger partial charge in [0.1, 0.15) is 24.7 Å². The average Bonchev–Trinajstić information content (AvgIpc) is 2.70. The van der Waals surface area contributed by atoms with Crippen molar-refractivity contribution in [1.82, 2.24) is 0 Å². The fourth-order valence-electron chi connectivity index (χ4n) is 2.34. The van der Waals surface area contributed by atoms with Gasteiger partial charge in [-0.15, -0.1) is 0 Å². The number of hydrogen-bond acceptors (Lipinski definition) is 9. The van der Waals surface area contributed by atoms with E-state index in [9.17, 15) is 15.3 Å². The highest BCUT2D eigenvalue weighted by atomic mass is 16.6.